The number of benzene rings is 1. The summed E-state index contributed by atoms with van der Waals surface area (Å²) in [4.78, 5) is 29.6. The fraction of sp³-hybridized carbons (Fsp3) is 0.619. The van der Waals surface area contributed by atoms with Crippen LogP contribution in [0.2, 0.25) is 0 Å². The third kappa shape index (κ3) is 4.16. The number of amides is 2. The Morgan fingerprint density at radius 2 is 1.69 bits per heavy atom. The van der Waals surface area contributed by atoms with Crippen LogP contribution < -0.4 is 14.8 Å². The monoisotopic (exact) mass is 423 g/mol. The van der Waals surface area contributed by atoms with Crippen molar-refractivity contribution in [2.24, 2.45) is 11.3 Å². The van der Waals surface area contributed by atoms with E-state index in [0.717, 1.165) is 32.4 Å². The lowest BCUT2D eigenvalue weighted by molar-refractivity contribution is -0.135. The van der Waals surface area contributed by atoms with Gasteiger partial charge in [0.05, 0.1) is 19.8 Å². The van der Waals surface area contributed by atoms with Gasteiger partial charge in [0, 0.05) is 38.2 Å². The first kappa shape index (κ1) is 21.7. The molecule has 1 spiro atoms. The second-order valence-electron chi connectivity index (χ2n) is 8.05. The van der Waals surface area contributed by atoms with Gasteiger partial charge in [0.15, 0.2) is 0 Å². The highest BCUT2D eigenvalue weighted by Gasteiger charge is 2.58. The van der Waals surface area contributed by atoms with Crippen molar-refractivity contribution in [2.45, 2.75) is 19.3 Å². The van der Waals surface area contributed by atoms with Gasteiger partial charge >= 0.3 is 0 Å². The van der Waals surface area contributed by atoms with Crippen LogP contribution in [0.5, 0.6) is 11.5 Å². The minimum Gasteiger partial charge on any atom is -0.497 e. The van der Waals surface area contributed by atoms with Crippen molar-refractivity contribution in [3.8, 4) is 11.5 Å². The Morgan fingerprint density at radius 3 is 2.31 bits per heavy atom. The molecule has 1 aromatic carbocycles. The Bertz CT molecular complexity index is 758. The fourth-order valence-electron chi connectivity index (χ4n) is 4.67. The zero-order valence-electron chi connectivity index (χ0n) is 17.1. The SMILES string of the molecule is COc1ccc(C(=O)N2CCN(C(=O)C3CC34CCNCC4)CC2)c(OC)c1.Cl. The van der Waals surface area contributed by atoms with Crippen LogP contribution in [0.25, 0.3) is 0 Å². The molecular weight excluding hydrogens is 394 g/mol. The van der Waals surface area contributed by atoms with Gasteiger partial charge in [0.2, 0.25) is 5.91 Å². The summed E-state index contributed by atoms with van der Waals surface area (Å²) in [6.45, 7) is 4.37. The number of halogens is 1. The predicted octanol–water partition coefficient (Wildman–Crippen LogP) is 1.80. The van der Waals surface area contributed by atoms with Crippen LogP contribution in [0.15, 0.2) is 18.2 Å². The fourth-order valence-corrected chi connectivity index (χ4v) is 4.67. The summed E-state index contributed by atoms with van der Waals surface area (Å²) in [5, 5.41) is 3.38. The van der Waals surface area contributed by atoms with E-state index in [-0.39, 0.29) is 35.6 Å². The molecule has 3 aliphatic rings. The van der Waals surface area contributed by atoms with Crippen molar-refractivity contribution in [3.05, 3.63) is 23.8 Å². The van der Waals surface area contributed by atoms with Gasteiger partial charge in [0.25, 0.3) is 5.91 Å². The van der Waals surface area contributed by atoms with Crippen molar-refractivity contribution in [2.75, 3.05) is 53.5 Å². The lowest BCUT2D eigenvalue weighted by Gasteiger charge is -2.36. The maximum Gasteiger partial charge on any atom is 0.257 e. The van der Waals surface area contributed by atoms with Crippen molar-refractivity contribution in [3.63, 3.8) is 0 Å². The molecular formula is C21H30ClN3O4. The van der Waals surface area contributed by atoms with Gasteiger partial charge in [-0.25, -0.2) is 0 Å². The van der Waals surface area contributed by atoms with Crippen LogP contribution >= 0.6 is 12.4 Å². The zero-order chi connectivity index (χ0) is 19.7. The zero-order valence-corrected chi connectivity index (χ0v) is 17.9. The van der Waals surface area contributed by atoms with Crippen molar-refractivity contribution < 1.29 is 19.1 Å². The highest BCUT2D eigenvalue weighted by atomic mass is 35.5. The number of piperazine rings is 1. The van der Waals surface area contributed by atoms with Gasteiger partial charge in [0.1, 0.15) is 11.5 Å². The van der Waals surface area contributed by atoms with Crippen LogP contribution in [0.4, 0.5) is 0 Å². The molecule has 0 bridgehead atoms. The molecule has 2 amide bonds. The number of carbonyl (C=O) groups excluding carboxylic acids is 2. The van der Waals surface area contributed by atoms with Gasteiger partial charge < -0.3 is 24.6 Å². The molecule has 0 aromatic heterocycles. The van der Waals surface area contributed by atoms with E-state index in [4.69, 9.17) is 9.47 Å². The first-order valence-corrected chi connectivity index (χ1v) is 10.1. The van der Waals surface area contributed by atoms with Gasteiger partial charge in [-0.2, -0.15) is 0 Å². The third-order valence-electron chi connectivity index (χ3n) is 6.60. The smallest absolute Gasteiger partial charge is 0.257 e. The molecule has 160 valence electrons. The minimum absolute atomic E-state index is 0. The number of nitrogens with zero attached hydrogens (tertiary/aromatic N) is 2. The molecule has 2 aliphatic heterocycles. The van der Waals surface area contributed by atoms with Crippen molar-refractivity contribution >= 4 is 24.2 Å². The van der Waals surface area contributed by atoms with E-state index in [1.165, 1.54) is 0 Å². The quantitative estimate of drug-likeness (QED) is 0.799. The highest BCUT2D eigenvalue weighted by molar-refractivity contribution is 5.97. The van der Waals surface area contributed by atoms with Gasteiger partial charge in [-0.1, -0.05) is 0 Å². The Kier molecular flexibility index (Phi) is 6.58. The van der Waals surface area contributed by atoms with E-state index in [2.05, 4.69) is 5.32 Å². The number of hydrogen-bond donors (Lipinski definition) is 1. The third-order valence-corrected chi connectivity index (χ3v) is 6.60. The minimum atomic E-state index is -0.0622. The van der Waals surface area contributed by atoms with E-state index >= 15 is 0 Å². The molecule has 1 aromatic rings. The Balaban J connectivity index is 0.00000240. The average molecular weight is 424 g/mol. The van der Waals surface area contributed by atoms with Crippen LogP contribution in [-0.4, -0.2) is 75.1 Å². The van der Waals surface area contributed by atoms with Crippen LogP contribution in [0.1, 0.15) is 29.6 Å². The van der Waals surface area contributed by atoms with E-state index in [0.29, 0.717) is 43.2 Å². The van der Waals surface area contributed by atoms with E-state index in [9.17, 15) is 9.59 Å². The van der Waals surface area contributed by atoms with Crippen LogP contribution in [0, 0.1) is 11.3 Å². The number of carbonyl (C=O) groups is 2. The number of nitrogens with one attached hydrogen (secondary N) is 1. The average Bonchev–Trinajstić information content (AvgIpc) is 3.45. The Labute approximate surface area is 178 Å². The molecule has 2 heterocycles. The molecule has 4 rings (SSSR count). The largest absolute Gasteiger partial charge is 0.497 e. The van der Waals surface area contributed by atoms with Crippen LogP contribution in [-0.2, 0) is 4.79 Å². The normalized spacial score (nSPS) is 22.6. The molecule has 0 radical (unpaired) electrons. The Hall–Kier alpha value is -1.99. The van der Waals surface area contributed by atoms with Gasteiger partial charge in [-0.15, -0.1) is 12.4 Å². The summed E-state index contributed by atoms with van der Waals surface area (Å²) in [6, 6.07) is 5.22. The summed E-state index contributed by atoms with van der Waals surface area (Å²) in [7, 11) is 3.13. The lowest BCUT2D eigenvalue weighted by Crippen LogP contribution is -2.51. The molecule has 1 N–H and O–H groups in total. The summed E-state index contributed by atoms with van der Waals surface area (Å²) in [5.74, 6) is 1.58. The topological polar surface area (TPSA) is 71.1 Å². The number of rotatable bonds is 4. The molecule has 8 heteroatoms. The summed E-state index contributed by atoms with van der Waals surface area (Å²) >= 11 is 0. The van der Waals surface area contributed by atoms with E-state index in [1.807, 2.05) is 4.90 Å². The van der Waals surface area contributed by atoms with Gasteiger partial charge in [-0.05, 0) is 49.9 Å². The molecule has 3 fully saturated rings. The van der Waals surface area contributed by atoms with E-state index < -0.39 is 0 Å². The molecule has 1 atom stereocenters. The standard InChI is InChI=1S/C21H29N3O4.ClH/c1-27-15-3-4-16(18(13-15)28-2)19(25)23-9-11-24(12-10-23)20(26)17-14-21(17)5-7-22-8-6-21;/h3-4,13,17,22H,5-12,14H2,1-2H3;1H. The molecule has 1 unspecified atom stereocenters. The Morgan fingerprint density at radius 1 is 1.03 bits per heavy atom. The molecule has 1 saturated carbocycles. The van der Waals surface area contributed by atoms with E-state index in [1.54, 1.807) is 37.3 Å². The van der Waals surface area contributed by atoms with Crippen LogP contribution in [0.3, 0.4) is 0 Å². The number of hydrogen-bond acceptors (Lipinski definition) is 5. The lowest BCUT2D eigenvalue weighted by atomic mass is 9.91. The molecule has 29 heavy (non-hydrogen) atoms. The number of ether oxygens (including phenoxy) is 2. The number of methoxy groups -OCH3 is 2. The first-order chi connectivity index (χ1) is 13.6. The van der Waals surface area contributed by atoms with Gasteiger partial charge in [-0.3, -0.25) is 9.59 Å². The van der Waals surface area contributed by atoms with Crippen molar-refractivity contribution in [1.82, 2.24) is 15.1 Å². The maximum absolute atomic E-state index is 12.9. The second-order valence-corrected chi connectivity index (χ2v) is 8.05. The summed E-state index contributed by atoms with van der Waals surface area (Å²) < 4.78 is 10.6. The highest BCUT2D eigenvalue weighted by Crippen LogP contribution is 2.59. The summed E-state index contributed by atoms with van der Waals surface area (Å²) in [5.41, 5.74) is 0.782. The number of piperidine rings is 1. The van der Waals surface area contributed by atoms with Crippen molar-refractivity contribution in [1.29, 1.82) is 0 Å². The second kappa shape index (κ2) is 8.79. The molecule has 7 nitrogen and oxygen atoms in total. The first-order valence-electron chi connectivity index (χ1n) is 10.1. The maximum atomic E-state index is 12.9. The summed E-state index contributed by atoms with van der Waals surface area (Å²) in [6.07, 6.45) is 3.26. The molecule has 2 saturated heterocycles. The predicted molar refractivity (Wildman–Crippen MR) is 112 cm³/mol. The molecule has 1 aliphatic carbocycles.